The maximum Gasteiger partial charge on any atom is 0.335 e. The lowest BCUT2D eigenvalue weighted by molar-refractivity contribution is 0.0697. The third-order valence-corrected chi connectivity index (χ3v) is 4.50. The Morgan fingerprint density at radius 3 is 2.39 bits per heavy atom. The van der Waals surface area contributed by atoms with Crippen LogP contribution in [0.2, 0.25) is 0 Å². The topological polar surface area (TPSA) is 92.7 Å². The second-order valence-electron chi connectivity index (χ2n) is 4.60. The number of sulfonamides is 1. The molecule has 0 aliphatic rings. The van der Waals surface area contributed by atoms with Gasteiger partial charge in [-0.05, 0) is 35.9 Å². The van der Waals surface area contributed by atoms with Crippen LogP contribution in [0.15, 0.2) is 53.9 Å². The number of carboxylic acids is 1. The van der Waals surface area contributed by atoms with Crippen molar-refractivity contribution in [1.29, 1.82) is 0 Å². The van der Waals surface area contributed by atoms with Gasteiger partial charge in [0.25, 0.3) is 10.0 Å². The summed E-state index contributed by atoms with van der Waals surface area (Å²) in [5.74, 6) is -0.940. The lowest BCUT2D eigenvalue weighted by Gasteiger charge is -2.12. The second kappa shape index (κ2) is 6.53. The van der Waals surface area contributed by atoms with Crippen LogP contribution in [0.1, 0.15) is 15.9 Å². The minimum absolute atomic E-state index is 0.0471. The Labute approximate surface area is 134 Å². The molecule has 0 unspecified atom stereocenters. The van der Waals surface area contributed by atoms with Crippen LogP contribution in [0.4, 0.5) is 5.69 Å². The Hall–Kier alpha value is -2.80. The predicted molar refractivity (Wildman–Crippen MR) is 87.3 cm³/mol. The number of hydrogen-bond acceptors (Lipinski definition) is 4. The summed E-state index contributed by atoms with van der Waals surface area (Å²) in [6.07, 6.45) is 1.60. The van der Waals surface area contributed by atoms with Gasteiger partial charge in [-0.2, -0.15) is 0 Å². The summed E-state index contributed by atoms with van der Waals surface area (Å²) >= 11 is 0. The summed E-state index contributed by atoms with van der Waals surface area (Å²) in [6.45, 7) is 3.60. The van der Waals surface area contributed by atoms with Crippen LogP contribution in [0.25, 0.3) is 6.08 Å². The van der Waals surface area contributed by atoms with Crippen molar-refractivity contribution in [3.05, 3.63) is 60.2 Å². The Balaban J connectivity index is 2.40. The van der Waals surface area contributed by atoms with E-state index >= 15 is 0 Å². The van der Waals surface area contributed by atoms with Gasteiger partial charge in [-0.3, -0.25) is 4.72 Å². The SMILES string of the molecule is C=Cc1ccc(S(=O)(=O)Nc2cc(C(=O)O)ccc2OC)cc1. The molecule has 0 heterocycles. The number of hydrogen-bond donors (Lipinski definition) is 2. The summed E-state index contributed by atoms with van der Waals surface area (Å²) < 4.78 is 32.2. The molecule has 0 bridgehead atoms. The molecule has 0 radical (unpaired) electrons. The second-order valence-corrected chi connectivity index (χ2v) is 6.28. The summed E-state index contributed by atoms with van der Waals surface area (Å²) in [4.78, 5) is 11.1. The summed E-state index contributed by atoms with van der Waals surface area (Å²) in [6, 6.07) is 10.0. The number of carbonyl (C=O) groups is 1. The Kier molecular flexibility index (Phi) is 4.71. The van der Waals surface area contributed by atoms with Crippen LogP contribution in [-0.2, 0) is 10.0 Å². The van der Waals surface area contributed by atoms with Crippen molar-refractivity contribution in [2.45, 2.75) is 4.90 Å². The van der Waals surface area contributed by atoms with Crippen molar-refractivity contribution in [2.24, 2.45) is 0 Å². The highest BCUT2D eigenvalue weighted by atomic mass is 32.2. The van der Waals surface area contributed by atoms with Gasteiger partial charge in [0.15, 0.2) is 0 Å². The number of rotatable bonds is 6. The standard InChI is InChI=1S/C16H15NO5S/c1-3-11-4-7-13(8-5-11)23(20,21)17-14-10-12(16(18)19)6-9-15(14)22-2/h3-10,17H,1H2,2H3,(H,18,19). The van der Waals surface area contributed by atoms with E-state index in [0.717, 1.165) is 5.56 Å². The summed E-state index contributed by atoms with van der Waals surface area (Å²) in [5, 5.41) is 9.02. The van der Waals surface area contributed by atoms with Gasteiger partial charge >= 0.3 is 5.97 Å². The van der Waals surface area contributed by atoms with E-state index in [1.807, 2.05) is 0 Å². The summed E-state index contributed by atoms with van der Waals surface area (Å²) in [5.41, 5.74) is 0.792. The predicted octanol–water partition coefficient (Wildman–Crippen LogP) is 2.84. The molecular formula is C16H15NO5S. The van der Waals surface area contributed by atoms with Gasteiger partial charge < -0.3 is 9.84 Å². The highest BCUT2D eigenvalue weighted by Crippen LogP contribution is 2.28. The van der Waals surface area contributed by atoms with Crippen molar-refractivity contribution >= 4 is 27.8 Å². The Morgan fingerprint density at radius 2 is 1.87 bits per heavy atom. The van der Waals surface area contributed by atoms with Crippen molar-refractivity contribution < 1.29 is 23.1 Å². The van der Waals surface area contributed by atoms with E-state index in [0.29, 0.717) is 0 Å². The van der Waals surface area contributed by atoms with Crippen LogP contribution >= 0.6 is 0 Å². The van der Waals surface area contributed by atoms with E-state index in [4.69, 9.17) is 9.84 Å². The third-order valence-electron chi connectivity index (χ3n) is 3.12. The van der Waals surface area contributed by atoms with E-state index in [9.17, 15) is 13.2 Å². The smallest absolute Gasteiger partial charge is 0.335 e. The van der Waals surface area contributed by atoms with Gasteiger partial charge in [0.05, 0.1) is 23.3 Å². The lowest BCUT2D eigenvalue weighted by Crippen LogP contribution is -2.14. The molecule has 23 heavy (non-hydrogen) atoms. The Bertz CT molecular complexity index is 841. The van der Waals surface area contributed by atoms with Gasteiger partial charge in [-0.25, -0.2) is 13.2 Å². The van der Waals surface area contributed by atoms with Gasteiger partial charge in [-0.1, -0.05) is 24.8 Å². The zero-order chi connectivity index (χ0) is 17.0. The molecular weight excluding hydrogens is 318 g/mol. The number of aromatic carboxylic acids is 1. The maximum atomic E-state index is 12.4. The molecule has 0 saturated carbocycles. The average Bonchev–Trinajstić information content (AvgIpc) is 2.54. The minimum Gasteiger partial charge on any atom is -0.495 e. The molecule has 2 aromatic rings. The zero-order valence-electron chi connectivity index (χ0n) is 12.3. The molecule has 0 aromatic heterocycles. The largest absolute Gasteiger partial charge is 0.495 e. The minimum atomic E-state index is -3.87. The highest BCUT2D eigenvalue weighted by molar-refractivity contribution is 7.92. The van der Waals surface area contributed by atoms with Crippen molar-refractivity contribution in [2.75, 3.05) is 11.8 Å². The van der Waals surface area contributed by atoms with Crippen molar-refractivity contribution in [1.82, 2.24) is 0 Å². The number of methoxy groups -OCH3 is 1. The van der Waals surface area contributed by atoms with Crippen LogP contribution in [-0.4, -0.2) is 26.6 Å². The molecule has 7 heteroatoms. The first-order valence-corrected chi connectivity index (χ1v) is 8.02. The van der Waals surface area contributed by atoms with Gasteiger partial charge in [0.2, 0.25) is 0 Å². The fourth-order valence-electron chi connectivity index (χ4n) is 1.91. The molecule has 0 spiro atoms. The van der Waals surface area contributed by atoms with E-state index in [2.05, 4.69) is 11.3 Å². The van der Waals surface area contributed by atoms with Crippen LogP contribution < -0.4 is 9.46 Å². The molecule has 0 aliphatic carbocycles. The molecule has 0 fully saturated rings. The molecule has 120 valence electrons. The maximum absolute atomic E-state index is 12.4. The van der Waals surface area contributed by atoms with E-state index in [1.54, 1.807) is 18.2 Å². The van der Waals surface area contributed by atoms with Gasteiger partial charge in [0, 0.05) is 0 Å². The number of benzene rings is 2. The number of anilines is 1. The lowest BCUT2D eigenvalue weighted by atomic mass is 10.2. The monoisotopic (exact) mass is 333 g/mol. The first-order valence-electron chi connectivity index (χ1n) is 6.54. The quantitative estimate of drug-likeness (QED) is 0.848. The van der Waals surface area contributed by atoms with Crippen molar-refractivity contribution in [3.8, 4) is 5.75 Å². The molecule has 0 amide bonds. The molecule has 2 rings (SSSR count). The molecule has 0 atom stereocenters. The normalized spacial score (nSPS) is 10.8. The molecule has 6 nitrogen and oxygen atoms in total. The highest BCUT2D eigenvalue weighted by Gasteiger charge is 2.18. The number of carboxylic acid groups (broad SMARTS) is 1. The first-order chi connectivity index (χ1) is 10.9. The van der Waals surface area contributed by atoms with Gasteiger partial charge in [-0.15, -0.1) is 0 Å². The van der Waals surface area contributed by atoms with E-state index < -0.39 is 16.0 Å². The van der Waals surface area contributed by atoms with Gasteiger partial charge in [0.1, 0.15) is 5.75 Å². The number of ether oxygens (including phenoxy) is 1. The molecule has 0 aliphatic heterocycles. The summed E-state index contributed by atoms with van der Waals surface area (Å²) in [7, 11) is -2.50. The fraction of sp³-hybridized carbons (Fsp3) is 0.0625. The van der Waals surface area contributed by atoms with E-state index in [1.165, 1.54) is 37.4 Å². The van der Waals surface area contributed by atoms with E-state index in [-0.39, 0.29) is 21.9 Å². The molecule has 2 N–H and O–H groups in total. The molecule has 0 saturated heterocycles. The zero-order valence-corrected chi connectivity index (χ0v) is 13.1. The third kappa shape index (κ3) is 3.70. The number of nitrogens with one attached hydrogen (secondary N) is 1. The van der Waals surface area contributed by atoms with Crippen LogP contribution in [0.3, 0.4) is 0 Å². The molecule has 2 aromatic carbocycles. The fourth-order valence-corrected chi connectivity index (χ4v) is 2.97. The first kappa shape index (κ1) is 16.6. The Morgan fingerprint density at radius 1 is 1.22 bits per heavy atom. The van der Waals surface area contributed by atoms with Crippen molar-refractivity contribution in [3.63, 3.8) is 0 Å². The average molecular weight is 333 g/mol. The van der Waals surface area contributed by atoms with Crippen LogP contribution in [0.5, 0.6) is 5.75 Å². The van der Waals surface area contributed by atoms with Crippen LogP contribution in [0, 0.1) is 0 Å².